The molecule has 0 spiro atoms. The lowest BCUT2D eigenvalue weighted by Crippen LogP contribution is -2.40. The molecule has 2 N–H and O–H groups in total. The van der Waals surface area contributed by atoms with Gasteiger partial charge >= 0.3 is 0 Å². The molecule has 0 saturated carbocycles. The number of aliphatic imine (C=N–C) groups is 1. The molecule has 6 nitrogen and oxygen atoms in total. The first kappa shape index (κ1) is 19.2. The van der Waals surface area contributed by atoms with Gasteiger partial charge in [-0.25, -0.2) is 4.98 Å². The predicted molar refractivity (Wildman–Crippen MR) is 103 cm³/mol. The van der Waals surface area contributed by atoms with Crippen LogP contribution in [-0.2, 0) is 17.3 Å². The largest absolute Gasteiger partial charge is 0.444 e. The van der Waals surface area contributed by atoms with E-state index in [4.69, 9.17) is 4.42 Å². The number of nitrogens with zero attached hydrogens (tertiary/aromatic N) is 2. The van der Waals surface area contributed by atoms with Gasteiger partial charge < -0.3 is 15.1 Å². The van der Waals surface area contributed by atoms with Gasteiger partial charge in [0.25, 0.3) is 0 Å². The molecule has 0 aliphatic heterocycles. The third-order valence-corrected chi connectivity index (χ3v) is 5.44. The first-order chi connectivity index (χ1) is 11.9. The van der Waals surface area contributed by atoms with E-state index in [1.807, 2.05) is 51.1 Å². The second kappa shape index (κ2) is 8.80. The quantitative estimate of drug-likeness (QED) is 0.610. The fourth-order valence-electron chi connectivity index (χ4n) is 2.06. The summed E-state index contributed by atoms with van der Waals surface area (Å²) >= 11 is 0. The molecule has 7 heteroatoms. The Bertz CT molecular complexity index is 720. The summed E-state index contributed by atoms with van der Waals surface area (Å²) in [6, 6.07) is 9.77. The lowest BCUT2D eigenvalue weighted by molar-refractivity contribution is 0.572. The monoisotopic (exact) mass is 362 g/mol. The van der Waals surface area contributed by atoms with Crippen LogP contribution in [0.5, 0.6) is 0 Å². The molecule has 1 aromatic carbocycles. The molecule has 136 valence electrons. The van der Waals surface area contributed by atoms with E-state index < -0.39 is 10.8 Å². The van der Waals surface area contributed by atoms with Crippen LogP contribution in [0.2, 0.25) is 0 Å². The first-order valence-corrected chi connectivity index (χ1v) is 9.55. The van der Waals surface area contributed by atoms with Gasteiger partial charge in [-0.3, -0.25) is 9.20 Å². The zero-order chi connectivity index (χ0) is 18.3. The zero-order valence-electron chi connectivity index (χ0n) is 15.2. The van der Waals surface area contributed by atoms with Crippen LogP contribution in [0.3, 0.4) is 0 Å². The van der Waals surface area contributed by atoms with Gasteiger partial charge in [0.05, 0.1) is 12.2 Å². The molecule has 1 heterocycles. The van der Waals surface area contributed by atoms with Crippen molar-refractivity contribution < 1.29 is 8.63 Å². The van der Waals surface area contributed by atoms with Crippen molar-refractivity contribution in [2.45, 2.75) is 32.1 Å². The van der Waals surface area contributed by atoms with Crippen LogP contribution in [0.15, 0.2) is 46.0 Å². The maximum absolute atomic E-state index is 12.0. The van der Waals surface area contributed by atoms with E-state index in [0.717, 1.165) is 11.3 Å². The van der Waals surface area contributed by atoms with Crippen LogP contribution in [0, 0.1) is 0 Å². The summed E-state index contributed by atoms with van der Waals surface area (Å²) < 4.78 is 17.4. The highest BCUT2D eigenvalue weighted by Gasteiger charge is 2.18. The van der Waals surface area contributed by atoms with E-state index >= 15 is 0 Å². The number of guanidine groups is 1. The van der Waals surface area contributed by atoms with Crippen LogP contribution in [-0.4, -0.2) is 39.2 Å². The molecular weight excluding hydrogens is 336 g/mol. The molecule has 1 aromatic heterocycles. The van der Waals surface area contributed by atoms with E-state index in [9.17, 15) is 4.21 Å². The highest BCUT2D eigenvalue weighted by atomic mass is 32.2. The summed E-state index contributed by atoms with van der Waals surface area (Å²) in [5, 5.41) is 6.35. The van der Waals surface area contributed by atoms with Crippen LogP contribution < -0.4 is 10.6 Å². The molecule has 2 rings (SSSR count). The second-order valence-electron chi connectivity index (χ2n) is 6.52. The van der Waals surface area contributed by atoms with Crippen molar-refractivity contribution in [3.05, 3.63) is 42.3 Å². The molecule has 1 unspecified atom stereocenters. The molecule has 1 atom stereocenters. The maximum atomic E-state index is 12.0. The van der Waals surface area contributed by atoms with Gasteiger partial charge in [-0.05, 0) is 32.9 Å². The highest BCUT2D eigenvalue weighted by Crippen LogP contribution is 2.17. The molecule has 0 saturated heterocycles. The number of hydrogen-bond donors (Lipinski definition) is 2. The molecule has 0 amide bonds. The van der Waals surface area contributed by atoms with Gasteiger partial charge in [0.15, 0.2) is 5.96 Å². The topological polar surface area (TPSA) is 79.5 Å². The minimum Gasteiger partial charge on any atom is -0.444 e. The normalized spacial score (nSPS) is 13.5. The Kier molecular flexibility index (Phi) is 6.75. The van der Waals surface area contributed by atoms with Crippen molar-refractivity contribution in [2.75, 3.05) is 19.3 Å². The van der Waals surface area contributed by atoms with Crippen molar-refractivity contribution in [1.82, 2.24) is 15.6 Å². The number of hydrogen-bond acceptors (Lipinski definition) is 4. The Morgan fingerprint density at radius 2 is 1.96 bits per heavy atom. The number of benzene rings is 1. The number of oxazole rings is 1. The minimum absolute atomic E-state index is 0.201. The van der Waals surface area contributed by atoms with Gasteiger partial charge in [0.2, 0.25) is 5.89 Å². The van der Waals surface area contributed by atoms with Gasteiger partial charge in [-0.15, -0.1) is 0 Å². The van der Waals surface area contributed by atoms with Gasteiger partial charge in [0.1, 0.15) is 6.26 Å². The fourth-order valence-corrected chi connectivity index (χ4v) is 2.96. The molecule has 0 aliphatic carbocycles. The lowest BCUT2D eigenvalue weighted by Gasteiger charge is -2.18. The zero-order valence-corrected chi connectivity index (χ0v) is 16.0. The molecule has 2 aromatic rings. The van der Waals surface area contributed by atoms with Crippen molar-refractivity contribution in [1.29, 1.82) is 0 Å². The molecule has 0 bridgehead atoms. The summed E-state index contributed by atoms with van der Waals surface area (Å²) in [5.74, 6) is 1.82. The number of rotatable bonds is 6. The molecule has 25 heavy (non-hydrogen) atoms. The SMILES string of the molecule is CN=C(NCCS(=O)C(C)(C)C)NCc1coc(-c2ccccc2)n1. The highest BCUT2D eigenvalue weighted by molar-refractivity contribution is 7.86. The van der Waals surface area contributed by atoms with E-state index in [2.05, 4.69) is 20.6 Å². The summed E-state index contributed by atoms with van der Waals surface area (Å²) in [5.41, 5.74) is 1.74. The molecular formula is C18H26N4O2S. The Morgan fingerprint density at radius 3 is 2.60 bits per heavy atom. The molecule has 0 fully saturated rings. The van der Waals surface area contributed by atoms with Crippen LogP contribution >= 0.6 is 0 Å². The summed E-state index contributed by atoms with van der Waals surface area (Å²) in [6.07, 6.45) is 1.64. The molecule has 0 aliphatic rings. The van der Waals surface area contributed by atoms with Gasteiger partial charge in [-0.2, -0.15) is 0 Å². The van der Waals surface area contributed by atoms with Crippen LogP contribution in [0.25, 0.3) is 11.5 Å². The Balaban J connectivity index is 1.81. The summed E-state index contributed by atoms with van der Waals surface area (Å²) in [4.78, 5) is 8.63. The number of nitrogens with one attached hydrogen (secondary N) is 2. The second-order valence-corrected chi connectivity index (χ2v) is 8.85. The Labute approximate surface area is 151 Å². The third kappa shape index (κ3) is 6.01. The van der Waals surface area contributed by atoms with Crippen molar-refractivity contribution >= 4 is 16.8 Å². The average molecular weight is 362 g/mol. The van der Waals surface area contributed by atoms with Gasteiger partial charge in [-0.1, -0.05) is 18.2 Å². The standard InChI is InChI=1S/C18H26N4O2S/c1-18(2,3)25(23)11-10-20-17(19-4)21-12-15-13-24-16(22-15)14-8-6-5-7-9-14/h5-9,13H,10-12H2,1-4H3,(H2,19,20,21). The van der Waals surface area contributed by atoms with E-state index in [1.165, 1.54) is 0 Å². The summed E-state index contributed by atoms with van der Waals surface area (Å²) in [6.45, 7) is 7.03. The predicted octanol–water partition coefficient (Wildman–Crippen LogP) is 2.55. The van der Waals surface area contributed by atoms with Crippen molar-refractivity contribution in [3.8, 4) is 11.5 Å². The van der Waals surface area contributed by atoms with E-state index in [-0.39, 0.29) is 4.75 Å². The van der Waals surface area contributed by atoms with Crippen LogP contribution in [0.1, 0.15) is 26.5 Å². The van der Waals surface area contributed by atoms with Crippen LogP contribution in [0.4, 0.5) is 0 Å². The third-order valence-electron chi connectivity index (χ3n) is 3.50. The van der Waals surface area contributed by atoms with Crippen molar-refractivity contribution in [3.63, 3.8) is 0 Å². The van der Waals surface area contributed by atoms with Gasteiger partial charge in [0, 0.05) is 40.5 Å². The minimum atomic E-state index is -0.886. The Morgan fingerprint density at radius 1 is 1.24 bits per heavy atom. The Hall–Kier alpha value is -2.15. The fraction of sp³-hybridized carbons (Fsp3) is 0.444. The summed E-state index contributed by atoms with van der Waals surface area (Å²) in [7, 11) is 0.816. The average Bonchev–Trinajstić information content (AvgIpc) is 3.06. The first-order valence-electron chi connectivity index (χ1n) is 8.23. The smallest absolute Gasteiger partial charge is 0.226 e. The number of aromatic nitrogens is 1. The van der Waals surface area contributed by atoms with E-state index in [1.54, 1.807) is 13.3 Å². The lowest BCUT2D eigenvalue weighted by atomic mass is 10.2. The molecule has 0 radical (unpaired) electrons. The maximum Gasteiger partial charge on any atom is 0.226 e. The van der Waals surface area contributed by atoms with Crippen molar-refractivity contribution in [2.24, 2.45) is 4.99 Å². The van der Waals surface area contributed by atoms with E-state index in [0.29, 0.717) is 30.7 Å².